The van der Waals surface area contributed by atoms with E-state index in [0.717, 1.165) is 13.1 Å². The quantitative estimate of drug-likeness (QED) is 0.877. The second-order valence-corrected chi connectivity index (χ2v) is 6.12. The van der Waals surface area contributed by atoms with Crippen LogP contribution in [0.3, 0.4) is 0 Å². The number of nitrogens with one attached hydrogen (secondary N) is 2. The monoisotopic (exact) mass is 310 g/mol. The zero-order chi connectivity index (χ0) is 15.2. The molecule has 2 N–H and O–H groups in total. The van der Waals surface area contributed by atoms with E-state index in [-0.39, 0.29) is 5.91 Å². The van der Waals surface area contributed by atoms with Crippen LogP contribution in [-0.4, -0.2) is 26.1 Å². The number of amides is 1. The van der Waals surface area contributed by atoms with Crippen LogP contribution in [0.5, 0.6) is 5.75 Å². The lowest BCUT2D eigenvalue weighted by atomic mass is 9.85. The number of benzene rings is 1. The number of anilines is 1. The van der Waals surface area contributed by atoms with Crippen LogP contribution in [0.15, 0.2) is 18.2 Å². The molecule has 1 aromatic carbocycles. The number of carbonyl (C=O) groups excluding carboxylic acids is 1. The lowest BCUT2D eigenvalue weighted by molar-refractivity contribution is -0.117. The van der Waals surface area contributed by atoms with Crippen LogP contribution in [-0.2, 0) is 4.79 Å². The van der Waals surface area contributed by atoms with Gasteiger partial charge in [-0.05, 0) is 56.0 Å². The third-order valence-electron chi connectivity index (χ3n) is 4.08. The molecule has 1 amide bonds. The molecule has 1 aliphatic rings. The summed E-state index contributed by atoms with van der Waals surface area (Å²) in [5.41, 5.74) is 0.629. The lowest BCUT2D eigenvalue weighted by Gasteiger charge is -2.28. The van der Waals surface area contributed by atoms with Crippen molar-refractivity contribution in [1.29, 1.82) is 0 Å². The molecule has 1 aliphatic heterocycles. The van der Waals surface area contributed by atoms with Gasteiger partial charge in [0, 0.05) is 11.4 Å². The summed E-state index contributed by atoms with van der Waals surface area (Å²) >= 11 is 5.97. The van der Waals surface area contributed by atoms with Gasteiger partial charge in [0.25, 0.3) is 0 Å². The Kier molecular flexibility index (Phi) is 5.88. The molecule has 2 atom stereocenters. The summed E-state index contributed by atoms with van der Waals surface area (Å²) in [4.78, 5) is 12.2. The average Bonchev–Trinajstić information content (AvgIpc) is 2.48. The van der Waals surface area contributed by atoms with Crippen LogP contribution in [0, 0.1) is 11.8 Å². The summed E-state index contributed by atoms with van der Waals surface area (Å²) in [5.74, 6) is 1.57. The highest BCUT2D eigenvalue weighted by Crippen LogP contribution is 2.29. The molecule has 0 aromatic heterocycles. The van der Waals surface area contributed by atoms with Crippen LogP contribution >= 0.6 is 11.6 Å². The molecule has 1 saturated heterocycles. The number of ether oxygens (including phenoxy) is 1. The minimum absolute atomic E-state index is 0.00800. The second kappa shape index (κ2) is 7.66. The number of methoxy groups -OCH3 is 1. The first kappa shape index (κ1) is 16.1. The van der Waals surface area contributed by atoms with E-state index in [1.54, 1.807) is 25.3 Å². The molecule has 116 valence electrons. The van der Waals surface area contributed by atoms with Crippen LogP contribution in [0.2, 0.25) is 5.02 Å². The molecular weight excluding hydrogens is 288 g/mol. The van der Waals surface area contributed by atoms with Crippen molar-refractivity contribution in [3.63, 3.8) is 0 Å². The molecule has 4 nitrogen and oxygen atoms in total. The molecule has 0 spiro atoms. The minimum atomic E-state index is 0.00800. The Labute approximate surface area is 131 Å². The maximum atomic E-state index is 12.2. The van der Waals surface area contributed by atoms with E-state index in [2.05, 4.69) is 17.6 Å². The highest BCUT2D eigenvalue weighted by Gasteiger charge is 2.22. The van der Waals surface area contributed by atoms with Crippen LogP contribution < -0.4 is 15.4 Å². The van der Waals surface area contributed by atoms with Gasteiger partial charge in [0.2, 0.25) is 5.91 Å². The van der Waals surface area contributed by atoms with Gasteiger partial charge in [-0.1, -0.05) is 18.5 Å². The van der Waals surface area contributed by atoms with E-state index in [1.807, 2.05) is 0 Å². The number of halogens is 1. The van der Waals surface area contributed by atoms with Gasteiger partial charge in [-0.3, -0.25) is 4.79 Å². The fourth-order valence-electron chi connectivity index (χ4n) is 2.80. The molecule has 0 saturated carbocycles. The predicted octanol–water partition coefficient (Wildman–Crippen LogP) is 3.31. The average molecular weight is 311 g/mol. The van der Waals surface area contributed by atoms with Gasteiger partial charge in [0.05, 0.1) is 12.8 Å². The van der Waals surface area contributed by atoms with Crippen molar-refractivity contribution in [1.82, 2.24) is 5.32 Å². The molecule has 1 fully saturated rings. The van der Waals surface area contributed by atoms with Crippen molar-refractivity contribution < 1.29 is 9.53 Å². The lowest BCUT2D eigenvalue weighted by Crippen LogP contribution is -2.34. The van der Waals surface area contributed by atoms with Gasteiger partial charge in [-0.2, -0.15) is 0 Å². The molecular formula is C16H23ClN2O2. The van der Waals surface area contributed by atoms with E-state index in [0.29, 0.717) is 34.7 Å². The molecule has 1 heterocycles. The molecule has 0 aliphatic carbocycles. The number of rotatable bonds is 5. The summed E-state index contributed by atoms with van der Waals surface area (Å²) in [5, 5.41) is 6.88. The van der Waals surface area contributed by atoms with Crippen LogP contribution in [0.1, 0.15) is 26.2 Å². The van der Waals surface area contributed by atoms with E-state index >= 15 is 0 Å². The van der Waals surface area contributed by atoms with Gasteiger partial charge < -0.3 is 15.4 Å². The first-order valence-electron chi connectivity index (χ1n) is 7.44. The summed E-state index contributed by atoms with van der Waals surface area (Å²) < 4.78 is 5.24. The van der Waals surface area contributed by atoms with Gasteiger partial charge in [-0.25, -0.2) is 0 Å². The summed E-state index contributed by atoms with van der Waals surface area (Å²) in [6.45, 7) is 4.25. The predicted molar refractivity (Wildman–Crippen MR) is 86.0 cm³/mol. The Bertz CT molecular complexity index is 487. The Morgan fingerprint density at radius 2 is 2.38 bits per heavy atom. The number of piperidine rings is 1. The Morgan fingerprint density at radius 3 is 3.05 bits per heavy atom. The normalized spacial score (nSPS) is 19.9. The standard InChI is InChI=1S/C16H23ClN2O2/c1-11(12-4-3-7-18-10-12)8-16(20)19-14-9-13(17)5-6-15(14)21-2/h5-6,9,11-12,18H,3-4,7-8,10H2,1-2H3,(H,19,20). The van der Waals surface area contributed by atoms with Gasteiger partial charge in [0.15, 0.2) is 0 Å². The number of carbonyl (C=O) groups is 1. The van der Waals surface area contributed by atoms with Crippen LogP contribution in [0.25, 0.3) is 0 Å². The van der Waals surface area contributed by atoms with E-state index < -0.39 is 0 Å². The number of hydrogen-bond donors (Lipinski definition) is 2. The van der Waals surface area contributed by atoms with Crippen molar-refractivity contribution >= 4 is 23.2 Å². The Morgan fingerprint density at radius 1 is 1.57 bits per heavy atom. The molecule has 1 aromatic rings. The number of hydrogen-bond acceptors (Lipinski definition) is 3. The second-order valence-electron chi connectivity index (χ2n) is 5.68. The molecule has 0 bridgehead atoms. The first-order valence-corrected chi connectivity index (χ1v) is 7.82. The van der Waals surface area contributed by atoms with E-state index in [1.165, 1.54) is 12.8 Å². The molecule has 21 heavy (non-hydrogen) atoms. The van der Waals surface area contributed by atoms with Crippen molar-refractivity contribution in [3.8, 4) is 5.75 Å². The summed E-state index contributed by atoms with van der Waals surface area (Å²) in [6.07, 6.45) is 2.91. The molecule has 5 heteroatoms. The largest absolute Gasteiger partial charge is 0.495 e. The maximum Gasteiger partial charge on any atom is 0.224 e. The third-order valence-corrected chi connectivity index (χ3v) is 4.32. The SMILES string of the molecule is COc1ccc(Cl)cc1NC(=O)CC(C)C1CCCNC1. The smallest absolute Gasteiger partial charge is 0.224 e. The highest BCUT2D eigenvalue weighted by atomic mass is 35.5. The zero-order valence-corrected chi connectivity index (χ0v) is 13.4. The Balaban J connectivity index is 1.93. The fraction of sp³-hybridized carbons (Fsp3) is 0.562. The fourth-order valence-corrected chi connectivity index (χ4v) is 2.97. The van der Waals surface area contributed by atoms with E-state index in [9.17, 15) is 4.79 Å². The Hall–Kier alpha value is -1.26. The molecule has 2 rings (SSSR count). The van der Waals surface area contributed by atoms with Gasteiger partial charge in [-0.15, -0.1) is 0 Å². The minimum Gasteiger partial charge on any atom is -0.495 e. The van der Waals surface area contributed by atoms with E-state index in [4.69, 9.17) is 16.3 Å². The highest BCUT2D eigenvalue weighted by molar-refractivity contribution is 6.31. The topological polar surface area (TPSA) is 50.4 Å². The van der Waals surface area contributed by atoms with Crippen LogP contribution in [0.4, 0.5) is 5.69 Å². The summed E-state index contributed by atoms with van der Waals surface area (Å²) in [7, 11) is 1.58. The summed E-state index contributed by atoms with van der Waals surface area (Å²) in [6, 6.07) is 5.21. The van der Waals surface area contributed by atoms with Crippen molar-refractivity contribution in [3.05, 3.63) is 23.2 Å². The van der Waals surface area contributed by atoms with Crippen molar-refractivity contribution in [2.75, 3.05) is 25.5 Å². The van der Waals surface area contributed by atoms with Crippen molar-refractivity contribution in [2.24, 2.45) is 11.8 Å². The molecule has 0 radical (unpaired) electrons. The third kappa shape index (κ3) is 4.61. The zero-order valence-electron chi connectivity index (χ0n) is 12.6. The van der Waals surface area contributed by atoms with Gasteiger partial charge >= 0.3 is 0 Å². The molecule has 2 unspecified atom stereocenters. The van der Waals surface area contributed by atoms with Crippen molar-refractivity contribution in [2.45, 2.75) is 26.2 Å². The maximum absolute atomic E-state index is 12.2. The van der Waals surface area contributed by atoms with Gasteiger partial charge in [0.1, 0.15) is 5.75 Å². The first-order chi connectivity index (χ1) is 10.1.